The van der Waals surface area contributed by atoms with Crippen molar-refractivity contribution in [3.05, 3.63) is 29.8 Å². The van der Waals surface area contributed by atoms with Crippen LogP contribution in [0, 0.1) is 5.92 Å². The first kappa shape index (κ1) is 15.8. The van der Waals surface area contributed by atoms with Gasteiger partial charge >= 0.3 is 6.18 Å². The Morgan fingerprint density at radius 2 is 1.79 bits per heavy atom. The molecule has 1 aromatic carbocycles. The highest BCUT2D eigenvalue weighted by molar-refractivity contribution is 6.29. The first-order chi connectivity index (χ1) is 8.75. The van der Waals surface area contributed by atoms with E-state index in [2.05, 4.69) is 0 Å². The molecule has 19 heavy (non-hydrogen) atoms. The van der Waals surface area contributed by atoms with Crippen molar-refractivity contribution < 1.29 is 18.0 Å². The van der Waals surface area contributed by atoms with E-state index in [4.69, 9.17) is 11.6 Å². The summed E-state index contributed by atoms with van der Waals surface area (Å²) in [6, 6.07) is 4.50. The predicted molar refractivity (Wildman–Crippen MR) is 69.4 cm³/mol. The lowest BCUT2D eigenvalue weighted by atomic mass is 10.1. The molecule has 1 aromatic rings. The molecule has 0 aliphatic carbocycles. The molecule has 0 N–H and O–H groups in total. The Balaban J connectivity index is 3.00. The summed E-state index contributed by atoms with van der Waals surface area (Å²) in [5.41, 5.74) is -0.314. The lowest BCUT2D eigenvalue weighted by Crippen LogP contribution is -2.35. The number of alkyl halides is 4. The van der Waals surface area contributed by atoms with Crippen molar-refractivity contribution in [3.8, 4) is 0 Å². The quantitative estimate of drug-likeness (QED) is 0.770. The summed E-state index contributed by atoms with van der Waals surface area (Å²) in [4.78, 5) is 13.1. The summed E-state index contributed by atoms with van der Waals surface area (Å²) in [5.74, 6) is -0.335. The Kier molecular flexibility index (Phi) is 5.23. The minimum atomic E-state index is -4.38. The summed E-state index contributed by atoms with van der Waals surface area (Å²) in [6.45, 7) is 4.24. The van der Waals surface area contributed by atoms with E-state index in [1.54, 1.807) is 0 Å². The molecule has 0 unspecified atom stereocenters. The summed E-state index contributed by atoms with van der Waals surface area (Å²) < 4.78 is 37.4. The Morgan fingerprint density at radius 3 is 2.16 bits per heavy atom. The minimum Gasteiger partial charge on any atom is -0.311 e. The van der Waals surface area contributed by atoms with Gasteiger partial charge in [0.25, 0.3) is 0 Å². The molecule has 0 saturated carbocycles. The van der Waals surface area contributed by atoms with Crippen molar-refractivity contribution in [1.29, 1.82) is 0 Å². The van der Waals surface area contributed by atoms with Crippen LogP contribution in [-0.4, -0.2) is 18.3 Å². The minimum absolute atomic E-state index is 0.189. The number of hydrogen-bond donors (Lipinski definition) is 0. The molecule has 1 rings (SSSR count). The molecule has 0 bridgehead atoms. The summed E-state index contributed by atoms with van der Waals surface area (Å²) in [6.07, 6.45) is -4.38. The van der Waals surface area contributed by atoms with E-state index >= 15 is 0 Å². The molecule has 2 nitrogen and oxygen atoms in total. The Morgan fingerprint density at radius 1 is 1.26 bits per heavy atom. The van der Waals surface area contributed by atoms with E-state index in [1.165, 1.54) is 17.0 Å². The van der Waals surface area contributed by atoms with Crippen LogP contribution < -0.4 is 4.90 Å². The normalized spacial score (nSPS) is 11.7. The van der Waals surface area contributed by atoms with Crippen molar-refractivity contribution in [3.63, 3.8) is 0 Å². The lowest BCUT2D eigenvalue weighted by Gasteiger charge is -2.24. The van der Waals surface area contributed by atoms with Gasteiger partial charge in [-0.05, 0) is 30.2 Å². The van der Waals surface area contributed by atoms with Gasteiger partial charge < -0.3 is 4.90 Å². The molecule has 1 amide bonds. The smallest absolute Gasteiger partial charge is 0.311 e. The van der Waals surface area contributed by atoms with Crippen LogP contribution in [0.15, 0.2) is 24.3 Å². The molecule has 0 heterocycles. The largest absolute Gasteiger partial charge is 0.416 e. The van der Waals surface area contributed by atoms with Crippen molar-refractivity contribution in [2.24, 2.45) is 5.92 Å². The highest BCUT2D eigenvalue weighted by Gasteiger charge is 2.30. The zero-order valence-corrected chi connectivity index (χ0v) is 11.4. The van der Waals surface area contributed by atoms with Gasteiger partial charge in [0.05, 0.1) is 5.56 Å². The van der Waals surface area contributed by atoms with Crippen LogP contribution in [0.4, 0.5) is 18.9 Å². The maximum Gasteiger partial charge on any atom is 0.416 e. The van der Waals surface area contributed by atoms with Gasteiger partial charge in [0.2, 0.25) is 5.91 Å². The highest BCUT2D eigenvalue weighted by atomic mass is 35.5. The predicted octanol–water partition coefficient (Wildman–Crippen LogP) is 3.93. The molecule has 0 aromatic heterocycles. The van der Waals surface area contributed by atoms with Crippen molar-refractivity contribution in [2.45, 2.75) is 20.0 Å². The van der Waals surface area contributed by atoms with Gasteiger partial charge in [0.1, 0.15) is 5.88 Å². The average Bonchev–Trinajstić information content (AvgIpc) is 2.34. The molecular weight excluding hydrogens is 279 g/mol. The molecule has 6 heteroatoms. The van der Waals surface area contributed by atoms with Crippen LogP contribution in [0.3, 0.4) is 0 Å². The number of carbonyl (C=O) groups excluding carboxylic acids is 1. The molecule has 0 atom stereocenters. The number of rotatable bonds is 4. The summed E-state index contributed by atoms with van der Waals surface area (Å²) >= 11 is 5.51. The second-order valence-electron chi connectivity index (χ2n) is 4.58. The first-order valence-electron chi connectivity index (χ1n) is 5.79. The van der Waals surface area contributed by atoms with E-state index in [1.807, 2.05) is 13.8 Å². The fourth-order valence-electron chi connectivity index (χ4n) is 1.62. The molecule has 0 aliphatic heterocycles. The molecule has 0 radical (unpaired) electrons. The number of carbonyl (C=O) groups is 1. The van der Waals surface area contributed by atoms with Crippen LogP contribution >= 0.6 is 11.6 Å². The molecule has 106 valence electrons. The third-order valence-corrected chi connectivity index (χ3v) is 2.70. The van der Waals surface area contributed by atoms with Crippen LogP contribution in [0.1, 0.15) is 19.4 Å². The third kappa shape index (κ3) is 4.42. The van der Waals surface area contributed by atoms with Crippen LogP contribution in [-0.2, 0) is 11.0 Å². The van der Waals surface area contributed by atoms with E-state index in [0.29, 0.717) is 12.2 Å². The van der Waals surface area contributed by atoms with Crippen molar-refractivity contribution >= 4 is 23.2 Å². The third-order valence-electron chi connectivity index (χ3n) is 2.47. The first-order valence-corrected chi connectivity index (χ1v) is 6.32. The zero-order chi connectivity index (χ0) is 14.6. The average molecular weight is 294 g/mol. The van der Waals surface area contributed by atoms with Gasteiger partial charge in [-0.1, -0.05) is 13.8 Å². The van der Waals surface area contributed by atoms with Crippen LogP contribution in [0.5, 0.6) is 0 Å². The standard InChI is InChI=1S/C13H15ClF3NO/c1-9(2)8-18(12(19)7-14)11-5-3-10(4-6-11)13(15,16)17/h3-6,9H,7-8H2,1-2H3. The maximum atomic E-state index is 12.5. The van der Waals surface area contributed by atoms with Gasteiger partial charge in [-0.2, -0.15) is 13.2 Å². The molecule has 0 fully saturated rings. The highest BCUT2D eigenvalue weighted by Crippen LogP contribution is 2.30. The van der Waals surface area contributed by atoms with Gasteiger partial charge in [-0.3, -0.25) is 4.79 Å². The Bertz CT molecular complexity index is 429. The van der Waals surface area contributed by atoms with Gasteiger partial charge in [0.15, 0.2) is 0 Å². The fourth-order valence-corrected chi connectivity index (χ4v) is 1.76. The fraction of sp³-hybridized carbons (Fsp3) is 0.462. The monoisotopic (exact) mass is 293 g/mol. The second kappa shape index (κ2) is 6.28. The summed E-state index contributed by atoms with van der Waals surface area (Å²) in [5, 5.41) is 0. The van der Waals surface area contributed by atoms with Gasteiger partial charge in [-0.15, -0.1) is 11.6 Å². The number of halogens is 4. The van der Waals surface area contributed by atoms with Crippen LogP contribution in [0.25, 0.3) is 0 Å². The van der Waals surface area contributed by atoms with Gasteiger partial charge in [0, 0.05) is 12.2 Å². The number of anilines is 1. The second-order valence-corrected chi connectivity index (χ2v) is 4.84. The van der Waals surface area contributed by atoms with Crippen molar-refractivity contribution in [1.82, 2.24) is 0 Å². The lowest BCUT2D eigenvalue weighted by molar-refractivity contribution is -0.137. The summed E-state index contributed by atoms with van der Waals surface area (Å²) in [7, 11) is 0. The Labute approximate surface area is 115 Å². The Hall–Kier alpha value is -1.23. The SMILES string of the molecule is CC(C)CN(C(=O)CCl)c1ccc(C(F)(F)F)cc1. The number of nitrogens with zero attached hydrogens (tertiary/aromatic N) is 1. The van der Waals surface area contributed by atoms with E-state index in [9.17, 15) is 18.0 Å². The number of amides is 1. The van der Waals surface area contributed by atoms with Crippen molar-refractivity contribution in [2.75, 3.05) is 17.3 Å². The van der Waals surface area contributed by atoms with Crippen LogP contribution in [0.2, 0.25) is 0 Å². The van der Waals surface area contributed by atoms with Gasteiger partial charge in [-0.25, -0.2) is 0 Å². The number of benzene rings is 1. The number of hydrogen-bond acceptors (Lipinski definition) is 1. The van der Waals surface area contributed by atoms with E-state index in [0.717, 1.165) is 12.1 Å². The molecule has 0 saturated heterocycles. The molecular formula is C13H15ClF3NO. The molecule has 0 aliphatic rings. The van der Waals surface area contributed by atoms with E-state index < -0.39 is 11.7 Å². The topological polar surface area (TPSA) is 20.3 Å². The molecule has 0 spiro atoms. The maximum absolute atomic E-state index is 12.5. The van der Waals surface area contributed by atoms with E-state index in [-0.39, 0.29) is 17.7 Å². The zero-order valence-electron chi connectivity index (χ0n) is 10.7.